The van der Waals surface area contributed by atoms with E-state index in [0.717, 1.165) is 12.2 Å². The Balaban J connectivity index is 3.37. The summed E-state index contributed by atoms with van der Waals surface area (Å²) in [4.78, 5) is 25.2. The van der Waals surface area contributed by atoms with Gasteiger partial charge in [-0.15, -0.1) is 0 Å². The van der Waals surface area contributed by atoms with Crippen molar-refractivity contribution in [3.63, 3.8) is 0 Å². The first-order chi connectivity index (χ1) is 7.33. The lowest BCUT2D eigenvalue weighted by Crippen LogP contribution is -2.59. The zero-order valence-corrected chi connectivity index (χ0v) is 7.84. The number of hydrogen-bond acceptors (Lipinski definition) is 4. The van der Waals surface area contributed by atoms with Crippen LogP contribution in [0.25, 0.3) is 0 Å². The van der Waals surface area contributed by atoms with E-state index < -0.39 is 30.3 Å². The largest absolute Gasteiger partial charge is 0.355 e. The maximum absolute atomic E-state index is 13.4. The highest BCUT2D eigenvalue weighted by Gasteiger charge is 2.71. The summed E-state index contributed by atoms with van der Waals surface area (Å²) < 4.78 is 52.7. The molecule has 0 aromatic carbocycles. The van der Waals surface area contributed by atoms with Crippen molar-refractivity contribution in [2.45, 2.75) is 36.8 Å². The van der Waals surface area contributed by atoms with Gasteiger partial charge in [0.15, 0.2) is 0 Å². The Labute approximate surface area is 87.1 Å². The van der Waals surface area contributed by atoms with Crippen molar-refractivity contribution in [2.24, 2.45) is 9.98 Å². The van der Waals surface area contributed by atoms with E-state index in [9.17, 15) is 27.2 Å². The van der Waals surface area contributed by atoms with Gasteiger partial charge in [-0.25, -0.2) is 9.59 Å². The summed E-state index contributed by atoms with van der Waals surface area (Å²) >= 11 is 0. The molecule has 0 aliphatic heterocycles. The van der Waals surface area contributed by atoms with Crippen LogP contribution in [0, 0.1) is 0 Å². The van der Waals surface area contributed by atoms with Crippen LogP contribution < -0.4 is 0 Å². The second-order valence-corrected chi connectivity index (χ2v) is 3.36. The number of rotatable bonds is 2. The molecule has 0 unspecified atom stereocenters. The average Bonchev–Trinajstić information content (AvgIpc) is 2.15. The smallest absolute Gasteiger partial charge is 0.211 e. The second-order valence-electron chi connectivity index (χ2n) is 3.36. The molecule has 1 fully saturated rings. The van der Waals surface area contributed by atoms with Crippen LogP contribution in [0.2, 0.25) is 0 Å². The van der Waals surface area contributed by atoms with Crippen molar-refractivity contribution in [3.8, 4) is 0 Å². The van der Waals surface area contributed by atoms with Crippen LogP contribution in [-0.4, -0.2) is 29.7 Å². The summed E-state index contributed by atoms with van der Waals surface area (Å²) in [5.41, 5.74) is -3.07. The predicted molar refractivity (Wildman–Crippen MR) is 42.7 cm³/mol. The normalized spacial score (nSPS) is 31.0. The molecule has 0 aromatic heterocycles. The van der Waals surface area contributed by atoms with E-state index in [4.69, 9.17) is 0 Å². The number of nitrogens with zero attached hydrogens (tertiary/aromatic N) is 2. The lowest BCUT2D eigenvalue weighted by molar-refractivity contribution is -0.260. The van der Waals surface area contributed by atoms with Gasteiger partial charge in [-0.2, -0.15) is 27.5 Å². The molecule has 88 valence electrons. The minimum Gasteiger partial charge on any atom is -0.211 e. The van der Waals surface area contributed by atoms with Crippen molar-refractivity contribution in [3.05, 3.63) is 0 Å². The van der Waals surface area contributed by atoms with Crippen LogP contribution in [-0.2, 0) is 9.59 Å². The molecule has 1 aliphatic carbocycles. The molecule has 0 saturated heterocycles. The summed E-state index contributed by atoms with van der Waals surface area (Å²) in [7, 11) is 0. The van der Waals surface area contributed by atoms with Crippen LogP contribution >= 0.6 is 0 Å². The highest BCUT2D eigenvalue weighted by Crippen LogP contribution is 2.53. The summed E-state index contributed by atoms with van der Waals surface area (Å²) in [6.07, 6.45) is -0.519. The maximum Gasteiger partial charge on any atom is 0.355 e. The molecule has 0 heterocycles. The Bertz CT molecular complexity index is 365. The van der Waals surface area contributed by atoms with Gasteiger partial charge in [0.05, 0.1) is 0 Å². The van der Waals surface area contributed by atoms with Crippen LogP contribution in [0.3, 0.4) is 0 Å². The van der Waals surface area contributed by atoms with Crippen molar-refractivity contribution in [1.82, 2.24) is 0 Å². The summed E-state index contributed by atoms with van der Waals surface area (Å²) in [5, 5.41) is 0. The molecule has 0 bridgehead atoms. The molecule has 0 atom stereocenters. The van der Waals surface area contributed by atoms with Crippen LogP contribution in [0.5, 0.6) is 0 Å². The molecule has 1 aliphatic rings. The Morgan fingerprint density at radius 2 is 1.44 bits per heavy atom. The quantitative estimate of drug-likeness (QED) is 0.418. The first-order valence-electron chi connectivity index (χ1n) is 4.27. The van der Waals surface area contributed by atoms with Crippen LogP contribution in [0.4, 0.5) is 17.6 Å². The van der Waals surface area contributed by atoms with Gasteiger partial charge in [-0.1, -0.05) is 0 Å². The van der Waals surface area contributed by atoms with Gasteiger partial charge in [0.25, 0.3) is 0 Å². The molecule has 0 radical (unpaired) electrons. The zero-order chi connectivity index (χ0) is 12.4. The predicted octanol–water partition coefficient (Wildman–Crippen LogP) is 1.81. The molecular formula is C8H6F4N2O2. The number of isocyanates is 2. The third-order valence-corrected chi connectivity index (χ3v) is 2.44. The summed E-state index contributed by atoms with van der Waals surface area (Å²) in [5.74, 6) is -9.07. The highest BCUT2D eigenvalue weighted by atomic mass is 19.3. The Morgan fingerprint density at radius 1 is 0.938 bits per heavy atom. The van der Waals surface area contributed by atoms with Crippen LogP contribution in [0.1, 0.15) is 19.3 Å². The standard InChI is InChI=1S/C8H6F4N2O2/c9-6(10)2-1-3-7(13-4-15,14-5-16)8(6,11)12/h1-3H2. The zero-order valence-electron chi connectivity index (χ0n) is 7.84. The minimum absolute atomic E-state index is 0.334. The molecule has 1 rings (SSSR count). The van der Waals surface area contributed by atoms with Gasteiger partial charge in [0.1, 0.15) is 0 Å². The van der Waals surface area contributed by atoms with E-state index in [2.05, 4.69) is 9.98 Å². The monoisotopic (exact) mass is 238 g/mol. The molecule has 1 saturated carbocycles. The lowest BCUT2D eigenvalue weighted by atomic mass is 9.83. The number of halogens is 4. The highest BCUT2D eigenvalue weighted by molar-refractivity contribution is 5.41. The fraction of sp³-hybridized carbons (Fsp3) is 0.750. The molecule has 0 aromatic rings. The topological polar surface area (TPSA) is 58.9 Å². The molecule has 0 amide bonds. The third kappa shape index (κ3) is 1.56. The molecule has 0 spiro atoms. The maximum atomic E-state index is 13.4. The molecule has 16 heavy (non-hydrogen) atoms. The van der Waals surface area contributed by atoms with Crippen molar-refractivity contribution < 1.29 is 27.2 Å². The van der Waals surface area contributed by atoms with E-state index in [1.807, 2.05) is 0 Å². The van der Waals surface area contributed by atoms with Gasteiger partial charge in [0, 0.05) is 12.8 Å². The molecule has 4 nitrogen and oxygen atoms in total. The van der Waals surface area contributed by atoms with Gasteiger partial charge in [-0.05, 0) is 6.42 Å². The SMILES string of the molecule is O=C=NC1(N=C=O)CCCC(F)(F)C1(F)F. The number of hydrogen-bond donors (Lipinski definition) is 0. The van der Waals surface area contributed by atoms with Gasteiger partial charge in [0.2, 0.25) is 17.8 Å². The van der Waals surface area contributed by atoms with Crippen LogP contribution in [0.15, 0.2) is 9.98 Å². The number of alkyl halides is 4. The Morgan fingerprint density at radius 3 is 1.88 bits per heavy atom. The van der Waals surface area contributed by atoms with E-state index in [1.165, 1.54) is 0 Å². The first kappa shape index (κ1) is 12.5. The number of aliphatic imine (C=N–C) groups is 2. The minimum atomic E-state index is -4.70. The van der Waals surface area contributed by atoms with E-state index >= 15 is 0 Å². The fourth-order valence-electron chi connectivity index (χ4n) is 1.59. The van der Waals surface area contributed by atoms with Crippen molar-refractivity contribution >= 4 is 12.2 Å². The van der Waals surface area contributed by atoms with E-state index in [-0.39, 0.29) is 6.42 Å². The summed E-state index contributed by atoms with van der Waals surface area (Å²) in [6, 6.07) is 0. The third-order valence-electron chi connectivity index (χ3n) is 2.44. The first-order valence-corrected chi connectivity index (χ1v) is 4.27. The average molecular weight is 238 g/mol. The van der Waals surface area contributed by atoms with E-state index in [0.29, 0.717) is 0 Å². The van der Waals surface area contributed by atoms with Crippen molar-refractivity contribution in [1.29, 1.82) is 0 Å². The molecule has 8 heteroatoms. The van der Waals surface area contributed by atoms with Gasteiger partial charge >= 0.3 is 11.8 Å². The second kappa shape index (κ2) is 3.81. The fourth-order valence-corrected chi connectivity index (χ4v) is 1.59. The summed E-state index contributed by atoms with van der Waals surface area (Å²) in [6.45, 7) is 0. The number of carbonyl (C=O) groups excluding carboxylic acids is 2. The lowest BCUT2D eigenvalue weighted by Gasteiger charge is -2.40. The van der Waals surface area contributed by atoms with Crippen molar-refractivity contribution in [2.75, 3.05) is 0 Å². The molecule has 0 N–H and O–H groups in total. The Hall–Kier alpha value is -1.52. The van der Waals surface area contributed by atoms with E-state index in [1.54, 1.807) is 0 Å². The Kier molecular flexibility index (Phi) is 2.99. The van der Waals surface area contributed by atoms with Gasteiger partial charge in [-0.3, -0.25) is 0 Å². The van der Waals surface area contributed by atoms with Gasteiger partial charge < -0.3 is 0 Å². The molecular weight excluding hydrogens is 232 g/mol.